The van der Waals surface area contributed by atoms with Crippen LogP contribution >= 0.6 is 11.3 Å². The normalized spacial score (nSPS) is 17.1. The Morgan fingerprint density at radius 1 is 0.465 bits per heavy atom. The summed E-state index contributed by atoms with van der Waals surface area (Å²) in [6.07, 6.45) is 2.34. The lowest BCUT2D eigenvalue weighted by Crippen LogP contribution is -2.39. The lowest BCUT2D eigenvalue weighted by atomic mass is 9.92. The van der Waals surface area contributed by atoms with Gasteiger partial charge in [-0.1, -0.05) is 115 Å². The summed E-state index contributed by atoms with van der Waals surface area (Å²) in [4.78, 5) is 0. The van der Waals surface area contributed by atoms with E-state index < -0.39 is 0 Å². The third-order valence-corrected chi connectivity index (χ3v) is 10.0. The van der Waals surface area contributed by atoms with Crippen molar-refractivity contribution in [1.82, 2.24) is 10.6 Å². The van der Waals surface area contributed by atoms with E-state index in [0.29, 0.717) is 0 Å². The van der Waals surface area contributed by atoms with E-state index in [1.54, 1.807) is 0 Å². The maximum atomic E-state index is 3.90. The third kappa shape index (κ3) is 4.12. The van der Waals surface area contributed by atoms with Gasteiger partial charge in [-0.25, -0.2) is 0 Å². The van der Waals surface area contributed by atoms with E-state index in [4.69, 9.17) is 0 Å². The van der Waals surface area contributed by atoms with Gasteiger partial charge in [0, 0.05) is 31.4 Å². The third-order valence-electron chi connectivity index (χ3n) is 8.91. The van der Waals surface area contributed by atoms with Crippen LogP contribution in [0.25, 0.3) is 58.2 Å². The first kappa shape index (κ1) is 24.6. The highest BCUT2D eigenvalue weighted by atomic mass is 32.1. The molecule has 0 spiro atoms. The van der Waals surface area contributed by atoms with Crippen LogP contribution in [0.4, 0.5) is 0 Å². The number of hydrogen-bond acceptors (Lipinski definition) is 3. The fourth-order valence-electron chi connectivity index (χ4n) is 6.78. The Kier molecular flexibility index (Phi) is 5.62. The van der Waals surface area contributed by atoms with Crippen LogP contribution in [0.1, 0.15) is 28.9 Å². The fraction of sp³-hybridized carbons (Fsp3) is 0.0500. The molecule has 0 saturated carbocycles. The Bertz CT molecular complexity index is 2370. The highest BCUT2D eigenvalue weighted by Gasteiger charge is 2.25. The molecular weight excluding hydrogens is 541 g/mol. The lowest BCUT2D eigenvalue weighted by Gasteiger charge is -2.33. The van der Waals surface area contributed by atoms with Crippen molar-refractivity contribution in [2.24, 2.45) is 0 Å². The van der Waals surface area contributed by atoms with Gasteiger partial charge in [0.05, 0.1) is 6.04 Å². The quantitative estimate of drug-likeness (QED) is 0.164. The summed E-state index contributed by atoms with van der Waals surface area (Å²) in [6, 6.07) is 51.0. The number of hydrogen-bond donors (Lipinski definition) is 2. The molecule has 204 valence electrons. The van der Waals surface area contributed by atoms with Crippen molar-refractivity contribution in [2.45, 2.75) is 12.2 Å². The second-order valence-electron chi connectivity index (χ2n) is 11.5. The number of fused-ring (bicyclic) bond motifs is 7. The van der Waals surface area contributed by atoms with E-state index >= 15 is 0 Å². The predicted molar refractivity (Wildman–Crippen MR) is 184 cm³/mol. The summed E-state index contributed by atoms with van der Waals surface area (Å²) < 4.78 is 2.66. The number of thiophene rings is 1. The van der Waals surface area contributed by atoms with Crippen LogP contribution in [0.15, 0.2) is 146 Å². The molecule has 43 heavy (non-hydrogen) atoms. The first-order chi connectivity index (χ1) is 21.3. The molecule has 9 rings (SSSR count). The van der Waals surface area contributed by atoms with E-state index in [-0.39, 0.29) is 12.2 Å². The van der Waals surface area contributed by atoms with E-state index in [9.17, 15) is 0 Å². The van der Waals surface area contributed by atoms with Gasteiger partial charge in [-0.3, -0.25) is 5.32 Å². The molecule has 0 aliphatic carbocycles. The van der Waals surface area contributed by atoms with Crippen LogP contribution in [0.5, 0.6) is 0 Å². The molecule has 1 aliphatic heterocycles. The molecule has 2 N–H and O–H groups in total. The van der Waals surface area contributed by atoms with Crippen molar-refractivity contribution in [3.8, 4) is 0 Å². The summed E-state index contributed by atoms with van der Waals surface area (Å²) in [5.74, 6) is 0. The molecule has 8 aromatic rings. The molecule has 0 fully saturated rings. The molecule has 7 aromatic carbocycles. The molecular formula is C40H28N2S. The minimum Gasteiger partial charge on any atom is -0.366 e. The smallest absolute Gasteiger partial charge is 0.104 e. The zero-order valence-corrected chi connectivity index (χ0v) is 24.2. The van der Waals surface area contributed by atoms with Gasteiger partial charge in [-0.2, -0.15) is 0 Å². The number of nitrogens with one attached hydrogen (secondary N) is 2. The van der Waals surface area contributed by atoms with Crippen molar-refractivity contribution >= 4 is 69.5 Å². The summed E-state index contributed by atoms with van der Waals surface area (Å²) in [5.41, 5.74) is 4.87. The van der Waals surface area contributed by atoms with E-state index in [1.165, 1.54) is 69.2 Å². The van der Waals surface area contributed by atoms with Gasteiger partial charge in [-0.15, -0.1) is 11.3 Å². The Balaban J connectivity index is 1.21. The van der Waals surface area contributed by atoms with Crippen molar-refractivity contribution in [2.75, 3.05) is 0 Å². The first-order valence-electron chi connectivity index (χ1n) is 14.8. The molecule has 2 heterocycles. The average molecular weight is 569 g/mol. The van der Waals surface area contributed by atoms with Crippen LogP contribution in [0.3, 0.4) is 0 Å². The molecule has 2 nitrogen and oxygen atoms in total. The van der Waals surface area contributed by atoms with Gasteiger partial charge in [-0.05, 0) is 73.8 Å². The molecule has 0 amide bonds. The highest BCUT2D eigenvalue weighted by molar-refractivity contribution is 7.25. The predicted octanol–water partition coefficient (Wildman–Crippen LogP) is 10.5. The second-order valence-corrected chi connectivity index (χ2v) is 12.5. The van der Waals surface area contributed by atoms with Crippen LogP contribution in [-0.2, 0) is 0 Å². The van der Waals surface area contributed by atoms with Crippen LogP contribution in [0.2, 0.25) is 0 Å². The van der Waals surface area contributed by atoms with Crippen molar-refractivity contribution < 1.29 is 0 Å². The van der Waals surface area contributed by atoms with Gasteiger partial charge in [0.15, 0.2) is 0 Å². The number of benzene rings is 7. The van der Waals surface area contributed by atoms with E-state index in [0.717, 1.165) is 5.70 Å². The first-order valence-corrected chi connectivity index (χ1v) is 15.7. The van der Waals surface area contributed by atoms with Gasteiger partial charge in [0.25, 0.3) is 0 Å². The molecule has 2 atom stereocenters. The topological polar surface area (TPSA) is 24.1 Å². The Morgan fingerprint density at radius 3 is 2.12 bits per heavy atom. The minimum atomic E-state index is -0.0241. The van der Waals surface area contributed by atoms with Crippen molar-refractivity contribution in [1.29, 1.82) is 0 Å². The Hall–Kier alpha value is -4.96. The zero-order chi connectivity index (χ0) is 28.3. The maximum Gasteiger partial charge on any atom is 0.104 e. The van der Waals surface area contributed by atoms with Gasteiger partial charge in [0.1, 0.15) is 6.17 Å². The monoisotopic (exact) mass is 568 g/mol. The summed E-state index contributed by atoms with van der Waals surface area (Å²) in [7, 11) is 0. The van der Waals surface area contributed by atoms with Crippen LogP contribution in [0, 0.1) is 0 Å². The van der Waals surface area contributed by atoms with Crippen molar-refractivity contribution in [3.05, 3.63) is 162 Å². The SMILES string of the molecule is C1=C(c2cccc3c2ccc2cc4ccccc4cc23)NC(c2ccccc2)NC1c1ccc2c(c1)sc1ccccc12. The zero-order valence-electron chi connectivity index (χ0n) is 23.4. The van der Waals surface area contributed by atoms with Crippen LogP contribution < -0.4 is 10.6 Å². The molecule has 3 heteroatoms. The fourth-order valence-corrected chi connectivity index (χ4v) is 7.93. The van der Waals surface area contributed by atoms with Gasteiger partial charge in [0.2, 0.25) is 0 Å². The Labute approximate surface area is 253 Å². The summed E-state index contributed by atoms with van der Waals surface area (Å²) in [5, 5.41) is 18.1. The molecule has 1 aliphatic rings. The largest absolute Gasteiger partial charge is 0.366 e. The van der Waals surface area contributed by atoms with Crippen molar-refractivity contribution in [3.63, 3.8) is 0 Å². The van der Waals surface area contributed by atoms with E-state index in [1.807, 2.05) is 11.3 Å². The Morgan fingerprint density at radius 2 is 1.21 bits per heavy atom. The molecule has 0 radical (unpaired) electrons. The summed E-state index contributed by atoms with van der Waals surface area (Å²) >= 11 is 1.87. The average Bonchev–Trinajstić information content (AvgIpc) is 3.45. The van der Waals surface area contributed by atoms with Gasteiger partial charge >= 0.3 is 0 Å². The second kappa shape index (κ2) is 9.81. The molecule has 2 unspecified atom stereocenters. The lowest BCUT2D eigenvalue weighted by molar-refractivity contribution is 0.443. The van der Waals surface area contributed by atoms with Crippen LogP contribution in [-0.4, -0.2) is 0 Å². The molecule has 1 aromatic heterocycles. The molecule has 0 saturated heterocycles. The number of rotatable bonds is 3. The van der Waals surface area contributed by atoms with Gasteiger partial charge < -0.3 is 5.32 Å². The standard InChI is InChI=1S/C40H28N2S/c1-2-9-25(10-3-1)40-41-36(29-18-20-34-33-13-6-7-16-38(33)43-39(34)23-29)24-37(42-40)32-15-8-14-30-31(32)19-17-28-21-26-11-4-5-12-27(26)22-35(28)30/h1-24,36,40-42H. The van der Waals surface area contributed by atoms with E-state index in [2.05, 4.69) is 156 Å². The summed E-state index contributed by atoms with van der Waals surface area (Å²) in [6.45, 7) is 0. The maximum absolute atomic E-state index is 3.90. The minimum absolute atomic E-state index is 0.0241. The highest BCUT2D eigenvalue weighted by Crippen LogP contribution is 2.39. The molecule has 0 bridgehead atoms.